The molecule has 0 spiro atoms. The number of hydrogen-bond acceptors (Lipinski definition) is 6. The highest BCUT2D eigenvalue weighted by atomic mass is 16.5. The SMILES string of the molecule is CC(=O)N(CCCn1ccnc1)n1cc(-c2ccc(Oc3ccccc3)cc2)c2c(N)ncnc21. The number of benzene rings is 2. The van der Waals surface area contributed by atoms with Crippen LogP contribution in [0.2, 0.25) is 0 Å². The van der Waals surface area contributed by atoms with Crippen LogP contribution in [0, 0.1) is 0 Å². The van der Waals surface area contributed by atoms with E-state index in [-0.39, 0.29) is 5.91 Å². The smallest absolute Gasteiger partial charge is 0.238 e. The number of fused-ring (bicyclic) bond motifs is 1. The minimum atomic E-state index is -0.0946. The predicted molar refractivity (Wildman–Crippen MR) is 135 cm³/mol. The molecule has 2 N–H and O–H groups in total. The molecule has 9 heteroatoms. The molecule has 3 heterocycles. The number of para-hydroxylation sites is 1. The number of rotatable bonds is 8. The molecule has 0 fully saturated rings. The summed E-state index contributed by atoms with van der Waals surface area (Å²) < 4.78 is 9.67. The Morgan fingerprint density at radius 2 is 1.83 bits per heavy atom. The fourth-order valence-electron chi connectivity index (χ4n) is 4.04. The molecule has 0 saturated carbocycles. The standard InChI is InChI=1S/C26H25N7O2/c1-19(34)32(14-5-13-31-15-12-28-18-31)33-16-23(24-25(27)29-17-30-26(24)33)20-8-10-22(11-9-20)35-21-6-3-2-4-7-21/h2-4,6-12,15-18H,5,13-14H2,1H3,(H2,27,29,30). The quantitative estimate of drug-likeness (QED) is 0.366. The lowest BCUT2D eigenvalue weighted by Crippen LogP contribution is -2.39. The molecule has 9 nitrogen and oxygen atoms in total. The first-order valence-corrected chi connectivity index (χ1v) is 11.3. The summed E-state index contributed by atoms with van der Waals surface area (Å²) >= 11 is 0. The Kier molecular flexibility index (Phi) is 6.13. The minimum Gasteiger partial charge on any atom is -0.457 e. The van der Waals surface area contributed by atoms with Gasteiger partial charge in [-0.1, -0.05) is 30.3 Å². The van der Waals surface area contributed by atoms with Crippen LogP contribution >= 0.6 is 0 Å². The maximum absolute atomic E-state index is 12.6. The molecule has 1 amide bonds. The van der Waals surface area contributed by atoms with Gasteiger partial charge in [0.15, 0.2) is 5.65 Å². The van der Waals surface area contributed by atoms with E-state index in [1.807, 2.05) is 71.6 Å². The van der Waals surface area contributed by atoms with Gasteiger partial charge in [-0.05, 0) is 36.2 Å². The highest BCUT2D eigenvalue weighted by Gasteiger charge is 2.20. The number of ether oxygens (including phenoxy) is 1. The maximum atomic E-state index is 12.6. The summed E-state index contributed by atoms with van der Waals surface area (Å²) in [5.74, 6) is 1.75. The number of carbonyl (C=O) groups excluding carboxylic acids is 1. The Morgan fingerprint density at radius 1 is 1.06 bits per heavy atom. The van der Waals surface area contributed by atoms with Crippen LogP contribution in [-0.2, 0) is 11.3 Å². The van der Waals surface area contributed by atoms with Gasteiger partial charge in [-0.25, -0.2) is 24.6 Å². The molecule has 3 aromatic heterocycles. The number of imidazole rings is 1. The van der Waals surface area contributed by atoms with Crippen LogP contribution in [0.3, 0.4) is 0 Å². The molecule has 2 aromatic carbocycles. The number of hydrogen-bond donors (Lipinski definition) is 1. The molecule has 0 unspecified atom stereocenters. The molecule has 0 radical (unpaired) electrons. The van der Waals surface area contributed by atoms with E-state index in [4.69, 9.17) is 10.5 Å². The van der Waals surface area contributed by atoms with Crippen molar-refractivity contribution in [1.82, 2.24) is 24.2 Å². The topological polar surface area (TPSA) is 104 Å². The molecule has 0 atom stereocenters. The summed E-state index contributed by atoms with van der Waals surface area (Å²) in [6.07, 6.45) is 9.46. The van der Waals surface area contributed by atoms with Crippen molar-refractivity contribution in [1.29, 1.82) is 0 Å². The maximum Gasteiger partial charge on any atom is 0.238 e. The Hall–Kier alpha value is -4.66. The molecule has 0 aliphatic rings. The van der Waals surface area contributed by atoms with Gasteiger partial charge in [0.05, 0.1) is 11.7 Å². The number of aryl methyl sites for hydroxylation is 1. The van der Waals surface area contributed by atoms with Gasteiger partial charge in [0.1, 0.15) is 23.6 Å². The van der Waals surface area contributed by atoms with Crippen molar-refractivity contribution in [2.45, 2.75) is 19.9 Å². The van der Waals surface area contributed by atoms with E-state index in [1.165, 1.54) is 6.33 Å². The number of amides is 1. The van der Waals surface area contributed by atoms with Crippen molar-refractivity contribution in [3.05, 3.63) is 85.8 Å². The summed E-state index contributed by atoms with van der Waals surface area (Å²) in [6, 6.07) is 17.3. The number of anilines is 1. The van der Waals surface area contributed by atoms with Gasteiger partial charge in [-0.3, -0.25) is 4.79 Å². The van der Waals surface area contributed by atoms with Crippen molar-refractivity contribution in [3.8, 4) is 22.6 Å². The number of nitrogen functional groups attached to an aromatic ring is 1. The molecule has 35 heavy (non-hydrogen) atoms. The van der Waals surface area contributed by atoms with Gasteiger partial charge in [-0.2, -0.15) is 0 Å². The largest absolute Gasteiger partial charge is 0.457 e. The first-order chi connectivity index (χ1) is 17.1. The summed E-state index contributed by atoms with van der Waals surface area (Å²) in [7, 11) is 0. The molecular formula is C26H25N7O2. The van der Waals surface area contributed by atoms with Crippen LogP contribution in [0.5, 0.6) is 11.5 Å². The second-order valence-corrected chi connectivity index (χ2v) is 8.08. The number of nitrogens with two attached hydrogens (primary N) is 1. The van der Waals surface area contributed by atoms with Gasteiger partial charge in [0.25, 0.3) is 0 Å². The van der Waals surface area contributed by atoms with E-state index in [2.05, 4.69) is 15.0 Å². The first-order valence-electron chi connectivity index (χ1n) is 11.3. The van der Waals surface area contributed by atoms with Crippen molar-refractivity contribution in [2.24, 2.45) is 0 Å². The van der Waals surface area contributed by atoms with E-state index >= 15 is 0 Å². The Bertz CT molecular complexity index is 1430. The third kappa shape index (κ3) is 4.70. The first kappa shape index (κ1) is 22.1. The van der Waals surface area contributed by atoms with Crippen LogP contribution in [-0.4, -0.2) is 36.6 Å². The molecule has 0 bridgehead atoms. The number of aromatic nitrogens is 5. The lowest BCUT2D eigenvalue weighted by Gasteiger charge is -2.23. The molecule has 0 saturated heterocycles. The van der Waals surface area contributed by atoms with E-state index in [1.54, 1.807) is 29.1 Å². The van der Waals surface area contributed by atoms with Gasteiger partial charge in [0.2, 0.25) is 5.91 Å². The van der Waals surface area contributed by atoms with Gasteiger partial charge in [-0.15, -0.1) is 0 Å². The fraction of sp³-hybridized carbons (Fsp3) is 0.154. The second-order valence-electron chi connectivity index (χ2n) is 8.08. The lowest BCUT2D eigenvalue weighted by atomic mass is 10.1. The van der Waals surface area contributed by atoms with Crippen molar-refractivity contribution >= 4 is 22.8 Å². The summed E-state index contributed by atoms with van der Waals surface area (Å²) in [4.78, 5) is 25.3. The van der Waals surface area contributed by atoms with Crippen LogP contribution in [0.1, 0.15) is 13.3 Å². The van der Waals surface area contributed by atoms with Crippen LogP contribution in [0.25, 0.3) is 22.2 Å². The summed E-state index contributed by atoms with van der Waals surface area (Å²) in [5, 5.41) is 2.37. The second kappa shape index (κ2) is 9.68. The van der Waals surface area contributed by atoms with E-state index in [0.717, 1.165) is 35.6 Å². The zero-order valence-corrected chi connectivity index (χ0v) is 19.3. The highest BCUT2D eigenvalue weighted by molar-refractivity contribution is 6.01. The molecule has 176 valence electrons. The van der Waals surface area contributed by atoms with Crippen LogP contribution in [0.4, 0.5) is 5.82 Å². The average Bonchev–Trinajstić information content (AvgIpc) is 3.52. The zero-order valence-electron chi connectivity index (χ0n) is 19.3. The number of carbonyl (C=O) groups is 1. The third-order valence-electron chi connectivity index (χ3n) is 5.71. The molecule has 0 aliphatic heterocycles. The Morgan fingerprint density at radius 3 is 2.54 bits per heavy atom. The minimum absolute atomic E-state index is 0.0946. The van der Waals surface area contributed by atoms with E-state index in [9.17, 15) is 4.79 Å². The summed E-state index contributed by atoms with van der Waals surface area (Å²) in [5.41, 5.74) is 8.61. The highest BCUT2D eigenvalue weighted by Crippen LogP contribution is 2.34. The van der Waals surface area contributed by atoms with Gasteiger partial charge < -0.3 is 15.0 Å². The van der Waals surface area contributed by atoms with Crippen LogP contribution in [0.15, 0.2) is 85.8 Å². The van der Waals surface area contributed by atoms with Gasteiger partial charge >= 0.3 is 0 Å². The van der Waals surface area contributed by atoms with E-state index in [0.29, 0.717) is 23.4 Å². The van der Waals surface area contributed by atoms with Crippen LogP contribution < -0.4 is 15.5 Å². The molecule has 0 aliphatic carbocycles. The van der Waals surface area contributed by atoms with E-state index < -0.39 is 0 Å². The fourth-order valence-corrected chi connectivity index (χ4v) is 4.04. The normalized spacial score (nSPS) is 11.0. The molecule has 5 aromatic rings. The van der Waals surface area contributed by atoms with Gasteiger partial charge in [0, 0.05) is 44.2 Å². The molecule has 5 rings (SSSR count). The van der Waals surface area contributed by atoms with Crippen molar-refractivity contribution in [3.63, 3.8) is 0 Å². The average molecular weight is 468 g/mol. The monoisotopic (exact) mass is 467 g/mol. The Balaban J connectivity index is 1.46. The summed E-state index contributed by atoms with van der Waals surface area (Å²) in [6.45, 7) is 2.79. The van der Waals surface area contributed by atoms with Crippen molar-refractivity contribution in [2.75, 3.05) is 17.3 Å². The molecular weight excluding hydrogens is 442 g/mol. The Labute approximate surface area is 202 Å². The third-order valence-corrected chi connectivity index (χ3v) is 5.71. The number of nitrogens with zero attached hydrogens (tertiary/aromatic N) is 6. The van der Waals surface area contributed by atoms with Crippen molar-refractivity contribution < 1.29 is 9.53 Å². The zero-order chi connectivity index (χ0) is 24.2. The lowest BCUT2D eigenvalue weighted by molar-refractivity contribution is -0.118. The predicted octanol–water partition coefficient (Wildman–Crippen LogP) is 4.24.